The predicted molar refractivity (Wildman–Crippen MR) is 131 cm³/mol. The highest BCUT2D eigenvalue weighted by Crippen LogP contribution is 2.28. The summed E-state index contributed by atoms with van der Waals surface area (Å²) in [7, 11) is -1.53. The van der Waals surface area contributed by atoms with Crippen LogP contribution in [-0.2, 0) is 16.6 Å². The van der Waals surface area contributed by atoms with Crippen molar-refractivity contribution in [3.05, 3.63) is 66.0 Å². The summed E-state index contributed by atoms with van der Waals surface area (Å²) in [4.78, 5) is 9.41. The minimum absolute atomic E-state index is 0. The van der Waals surface area contributed by atoms with E-state index in [2.05, 4.69) is 25.5 Å². The molecule has 0 amide bonds. The van der Waals surface area contributed by atoms with Crippen LogP contribution in [0.5, 0.6) is 0 Å². The van der Waals surface area contributed by atoms with Crippen LogP contribution in [0.3, 0.4) is 0 Å². The Morgan fingerprint density at radius 1 is 1.00 bits per heavy atom. The van der Waals surface area contributed by atoms with Crippen molar-refractivity contribution in [1.82, 2.24) is 29.8 Å². The lowest BCUT2D eigenvalue weighted by Crippen LogP contribution is -2.41. The van der Waals surface area contributed by atoms with Crippen LogP contribution in [0.2, 0.25) is 0 Å². The number of hydrogen-bond donors (Lipinski definition) is 1. The number of rotatable bonds is 7. The molecule has 178 valence electrons. The first-order valence-corrected chi connectivity index (χ1v) is 12.4. The van der Waals surface area contributed by atoms with Gasteiger partial charge in [0.2, 0.25) is 15.9 Å². The fraction of sp³-hybridized carbons (Fsp3) is 0.250. The summed E-state index contributed by atoms with van der Waals surface area (Å²) < 4.78 is 32.6. The Kier molecular flexibility index (Phi) is 5.94. The lowest BCUT2D eigenvalue weighted by Gasteiger charge is -2.29. The number of hydrogen-bond acceptors (Lipinski definition) is 8. The Bertz CT molecular complexity index is 1420. The molecule has 0 radical (unpaired) electrons. The summed E-state index contributed by atoms with van der Waals surface area (Å²) in [5.74, 6) is 0.677. The number of sulfonamides is 1. The molecule has 10 heteroatoms. The Morgan fingerprint density at radius 3 is 2.32 bits per heavy atom. The maximum Gasteiger partial charge on any atom is 0.268 e. The van der Waals surface area contributed by atoms with Gasteiger partial charge < -0.3 is 9.73 Å². The predicted octanol–water partition coefficient (Wildman–Crippen LogP) is 3.77. The van der Waals surface area contributed by atoms with Crippen molar-refractivity contribution in [2.75, 3.05) is 20.1 Å². The summed E-state index contributed by atoms with van der Waals surface area (Å²) >= 11 is 0. The zero-order valence-electron chi connectivity index (χ0n) is 18.9. The van der Waals surface area contributed by atoms with Gasteiger partial charge in [0.1, 0.15) is 5.69 Å². The Hall–Kier alpha value is -3.47. The maximum atomic E-state index is 12.6. The van der Waals surface area contributed by atoms with Crippen LogP contribution in [0.15, 0.2) is 64.0 Å². The first-order chi connectivity index (χ1) is 16.5. The molecule has 9 nitrogen and oxygen atoms in total. The molecule has 2 aromatic carbocycles. The van der Waals surface area contributed by atoms with E-state index in [9.17, 15) is 8.42 Å². The van der Waals surface area contributed by atoms with Crippen LogP contribution in [0.1, 0.15) is 20.5 Å². The molecule has 1 fully saturated rings. The topological polar surface area (TPSA) is 114 Å². The zero-order valence-corrected chi connectivity index (χ0v) is 19.7. The van der Waals surface area contributed by atoms with Gasteiger partial charge in [-0.1, -0.05) is 24.3 Å². The van der Waals surface area contributed by atoms with Crippen LogP contribution in [0.4, 0.5) is 0 Å². The second-order valence-corrected chi connectivity index (χ2v) is 10.0. The molecule has 34 heavy (non-hydrogen) atoms. The summed E-state index contributed by atoms with van der Waals surface area (Å²) in [6, 6.07) is 14.6. The van der Waals surface area contributed by atoms with E-state index in [-0.39, 0.29) is 13.6 Å². The van der Waals surface area contributed by atoms with Crippen LogP contribution in [-0.4, -0.2) is 53.0 Å². The van der Waals surface area contributed by atoms with Crippen molar-refractivity contribution in [2.45, 2.75) is 24.8 Å². The highest BCUT2D eigenvalue weighted by atomic mass is 32.2. The average molecular weight is 481 g/mol. The summed E-state index contributed by atoms with van der Waals surface area (Å²) in [5, 5.41) is 11.5. The first kappa shape index (κ1) is 22.3. The molecule has 0 saturated carbocycles. The number of benzene rings is 2. The second-order valence-electron chi connectivity index (χ2n) is 8.11. The van der Waals surface area contributed by atoms with Gasteiger partial charge in [-0.05, 0) is 50.2 Å². The van der Waals surface area contributed by atoms with Gasteiger partial charge >= 0.3 is 0 Å². The van der Waals surface area contributed by atoms with Gasteiger partial charge in [-0.2, -0.15) is 4.31 Å². The molecule has 1 saturated heterocycles. The standard InChI is InChI=1S/C24H24N6O3S.2H2/c1-16-22(24-29-28-23(33-24)19-6-4-17(5-7-19)14-25-2)27-21(15-26-16)18-8-10-20(11-9-18)34(31,32)30-12-3-13-30;;/h4-11,15,25H,3,12-14H2,1-2H3;2*1H. The molecule has 4 aromatic rings. The van der Waals surface area contributed by atoms with E-state index in [0.29, 0.717) is 36.1 Å². The van der Waals surface area contributed by atoms with Crippen LogP contribution in [0, 0.1) is 6.92 Å². The van der Waals surface area contributed by atoms with E-state index in [1.807, 2.05) is 38.2 Å². The van der Waals surface area contributed by atoms with Gasteiger partial charge in [-0.3, -0.25) is 4.98 Å². The van der Waals surface area contributed by atoms with E-state index in [4.69, 9.17) is 4.42 Å². The van der Waals surface area contributed by atoms with Crippen LogP contribution >= 0.6 is 0 Å². The van der Waals surface area contributed by atoms with Crippen LogP contribution < -0.4 is 5.32 Å². The summed E-state index contributed by atoms with van der Waals surface area (Å²) in [6.45, 7) is 3.75. The highest BCUT2D eigenvalue weighted by Gasteiger charge is 2.29. The van der Waals surface area contributed by atoms with Gasteiger partial charge in [-0.15, -0.1) is 10.2 Å². The number of aryl methyl sites for hydroxylation is 1. The molecule has 0 atom stereocenters. The highest BCUT2D eigenvalue weighted by molar-refractivity contribution is 7.89. The smallest absolute Gasteiger partial charge is 0.268 e. The van der Waals surface area contributed by atoms with Gasteiger partial charge in [-0.25, -0.2) is 13.4 Å². The van der Waals surface area contributed by atoms with Crippen molar-refractivity contribution >= 4 is 10.0 Å². The first-order valence-electron chi connectivity index (χ1n) is 11.0. The molecule has 1 aliphatic heterocycles. The molecule has 0 spiro atoms. The third kappa shape index (κ3) is 4.23. The number of nitrogens with one attached hydrogen (secondary N) is 1. The maximum absolute atomic E-state index is 12.6. The Labute approximate surface area is 200 Å². The van der Waals surface area contributed by atoms with Crippen molar-refractivity contribution in [3.63, 3.8) is 0 Å². The molecule has 1 aliphatic rings. The summed E-state index contributed by atoms with van der Waals surface area (Å²) in [6.07, 6.45) is 2.55. The Balaban J connectivity index is 0.00000180. The fourth-order valence-electron chi connectivity index (χ4n) is 3.67. The summed E-state index contributed by atoms with van der Waals surface area (Å²) in [5.41, 5.74) is 4.45. The quantitative estimate of drug-likeness (QED) is 0.425. The van der Waals surface area contributed by atoms with Crippen molar-refractivity contribution in [1.29, 1.82) is 0 Å². The van der Waals surface area contributed by atoms with E-state index >= 15 is 0 Å². The van der Waals surface area contributed by atoms with Gasteiger partial charge in [0.05, 0.1) is 22.5 Å². The molecule has 0 bridgehead atoms. The molecular formula is C24H28N6O3S. The molecule has 0 aliphatic carbocycles. The normalized spacial score (nSPS) is 14.2. The van der Waals surface area contributed by atoms with Crippen molar-refractivity contribution in [2.24, 2.45) is 0 Å². The van der Waals surface area contributed by atoms with Gasteiger partial charge in [0, 0.05) is 33.6 Å². The van der Waals surface area contributed by atoms with E-state index in [1.165, 1.54) is 4.31 Å². The molecular weight excluding hydrogens is 452 g/mol. The monoisotopic (exact) mass is 480 g/mol. The average Bonchev–Trinajstić information content (AvgIpc) is 3.29. The fourth-order valence-corrected chi connectivity index (χ4v) is 5.19. The molecule has 5 rings (SSSR count). The molecule has 2 aromatic heterocycles. The van der Waals surface area contributed by atoms with Crippen molar-refractivity contribution in [3.8, 4) is 34.3 Å². The third-order valence-electron chi connectivity index (χ3n) is 5.77. The number of aromatic nitrogens is 4. The molecule has 0 unspecified atom stereocenters. The molecule has 3 heterocycles. The minimum atomic E-state index is -3.43. The SMILES string of the molecule is CNCc1ccc(-c2nnc(-c3nc(-c4ccc(S(=O)(=O)N5CCC5)cc4)cnc3C)o2)cc1.[HH].[HH]. The van der Waals surface area contributed by atoms with E-state index < -0.39 is 10.0 Å². The lowest BCUT2D eigenvalue weighted by atomic mass is 10.1. The van der Waals surface area contributed by atoms with Gasteiger partial charge in [0.15, 0.2) is 0 Å². The Morgan fingerprint density at radius 2 is 1.68 bits per heavy atom. The third-order valence-corrected chi connectivity index (χ3v) is 7.68. The zero-order chi connectivity index (χ0) is 23.7. The van der Waals surface area contributed by atoms with Crippen molar-refractivity contribution < 1.29 is 15.7 Å². The molecule has 1 N–H and O–H groups in total. The largest absolute Gasteiger partial charge is 0.415 e. The lowest BCUT2D eigenvalue weighted by molar-refractivity contribution is 0.309. The van der Waals surface area contributed by atoms with E-state index in [1.54, 1.807) is 30.5 Å². The second kappa shape index (κ2) is 9.05. The minimum Gasteiger partial charge on any atom is -0.415 e. The number of nitrogens with zero attached hydrogens (tertiary/aromatic N) is 5. The van der Waals surface area contributed by atoms with Crippen LogP contribution in [0.25, 0.3) is 34.3 Å². The van der Waals surface area contributed by atoms with Gasteiger partial charge in [0.25, 0.3) is 5.89 Å². The van der Waals surface area contributed by atoms with E-state index in [0.717, 1.165) is 29.7 Å².